The number of amides is 1. The van der Waals surface area contributed by atoms with Crippen molar-refractivity contribution >= 4 is 23.4 Å². The van der Waals surface area contributed by atoms with E-state index in [-0.39, 0.29) is 11.7 Å². The van der Waals surface area contributed by atoms with Crippen molar-refractivity contribution in [1.82, 2.24) is 10.2 Å². The summed E-state index contributed by atoms with van der Waals surface area (Å²) >= 11 is 1.22. The highest BCUT2D eigenvalue weighted by molar-refractivity contribution is 7.99. The number of para-hydroxylation sites is 1. The van der Waals surface area contributed by atoms with E-state index >= 15 is 0 Å². The molecule has 6 heteroatoms. The molecule has 0 saturated carbocycles. The first-order valence-electron chi connectivity index (χ1n) is 7.50. The molecule has 0 bridgehead atoms. The van der Waals surface area contributed by atoms with E-state index in [0.717, 1.165) is 22.4 Å². The van der Waals surface area contributed by atoms with Crippen molar-refractivity contribution in [2.75, 3.05) is 11.1 Å². The standard InChI is InChI=1S/C18H17N3O2S/c1-12-8-13(2)10-14(9-12)17-20-21-18(23-17)24-11-16(22)19-15-6-4-3-5-7-15/h3-10H,11H2,1-2H3,(H,19,22). The van der Waals surface area contributed by atoms with Crippen molar-refractivity contribution in [1.29, 1.82) is 0 Å². The Hall–Kier alpha value is -2.60. The summed E-state index contributed by atoms with van der Waals surface area (Å²) in [5.41, 5.74) is 3.93. The van der Waals surface area contributed by atoms with Crippen LogP contribution in [0, 0.1) is 13.8 Å². The first-order valence-corrected chi connectivity index (χ1v) is 8.48. The maximum atomic E-state index is 11.9. The van der Waals surface area contributed by atoms with Gasteiger partial charge in [-0.2, -0.15) is 0 Å². The number of carbonyl (C=O) groups excluding carboxylic acids is 1. The van der Waals surface area contributed by atoms with Gasteiger partial charge in [0, 0.05) is 11.3 Å². The van der Waals surface area contributed by atoms with Gasteiger partial charge in [0.05, 0.1) is 5.75 Å². The summed E-state index contributed by atoms with van der Waals surface area (Å²) in [6.07, 6.45) is 0. The lowest BCUT2D eigenvalue weighted by Gasteiger charge is -2.03. The molecule has 0 aliphatic heterocycles. The maximum Gasteiger partial charge on any atom is 0.277 e. The predicted molar refractivity (Wildman–Crippen MR) is 95.0 cm³/mol. The molecule has 1 heterocycles. The Morgan fingerprint density at radius 2 is 1.79 bits per heavy atom. The van der Waals surface area contributed by atoms with Gasteiger partial charge in [-0.1, -0.05) is 47.2 Å². The minimum atomic E-state index is -0.114. The summed E-state index contributed by atoms with van der Waals surface area (Å²) in [5, 5.41) is 11.3. The van der Waals surface area contributed by atoms with Gasteiger partial charge < -0.3 is 9.73 Å². The first kappa shape index (κ1) is 16.3. The summed E-state index contributed by atoms with van der Waals surface area (Å²) in [4.78, 5) is 11.9. The van der Waals surface area contributed by atoms with E-state index in [1.165, 1.54) is 11.8 Å². The SMILES string of the molecule is Cc1cc(C)cc(-c2nnc(SCC(=O)Nc3ccccc3)o2)c1. The van der Waals surface area contributed by atoms with E-state index in [1.807, 2.05) is 56.3 Å². The van der Waals surface area contributed by atoms with Gasteiger partial charge in [-0.05, 0) is 38.1 Å². The number of nitrogens with zero attached hydrogens (tertiary/aromatic N) is 2. The Morgan fingerprint density at radius 3 is 2.50 bits per heavy atom. The number of aryl methyl sites for hydroxylation is 2. The van der Waals surface area contributed by atoms with Gasteiger partial charge in [-0.25, -0.2) is 0 Å². The van der Waals surface area contributed by atoms with Crippen molar-refractivity contribution in [3.8, 4) is 11.5 Å². The number of aromatic nitrogens is 2. The van der Waals surface area contributed by atoms with E-state index in [2.05, 4.69) is 21.6 Å². The molecule has 3 rings (SSSR count). The molecule has 2 aromatic carbocycles. The van der Waals surface area contributed by atoms with Crippen molar-refractivity contribution in [3.63, 3.8) is 0 Å². The molecule has 1 aromatic heterocycles. The molecule has 0 aliphatic carbocycles. The molecule has 3 aromatic rings. The highest BCUT2D eigenvalue weighted by atomic mass is 32.2. The van der Waals surface area contributed by atoms with Crippen molar-refractivity contribution < 1.29 is 9.21 Å². The van der Waals surface area contributed by atoms with E-state index in [1.54, 1.807) is 0 Å². The molecule has 0 atom stereocenters. The highest BCUT2D eigenvalue weighted by Gasteiger charge is 2.12. The predicted octanol–water partition coefficient (Wildman–Crippen LogP) is 4.08. The van der Waals surface area contributed by atoms with Crippen molar-refractivity contribution in [2.45, 2.75) is 19.1 Å². The van der Waals surface area contributed by atoms with Crippen LogP contribution in [0.1, 0.15) is 11.1 Å². The first-order chi connectivity index (χ1) is 11.6. The molecule has 1 amide bonds. The number of hydrogen-bond donors (Lipinski definition) is 1. The van der Waals surface area contributed by atoms with Gasteiger partial charge in [0.2, 0.25) is 11.8 Å². The van der Waals surface area contributed by atoms with Gasteiger partial charge in [-0.15, -0.1) is 10.2 Å². The van der Waals surface area contributed by atoms with Crippen LogP contribution in [-0.2, 0) is 4.79 Å². The Morgan fingerprint density at radius 1 is 1.08 bits per heavy atom. The van der Waals surface area contributed by atoms with Crippen LogP contribution in [0.5, 0.6) is 0 Å². The van der Waals surface area contributed by atoms with Gasteiger partial charge in [-0.3, -0.25) is 4.79 Å². The zero-order valence-corrected chi connectivity index (χ0v) is 14.3. The third kappa shape index (κ3) is 4.23. The third-order valence-corrected chi connectivity index (χ3v) is 4.08. The number of benzene rings is 2. The molecular weight excluding hydrogens is 322 g/mol. The lowest BCUT2D eigenvalue weighted by molar-refractivity contribution is -0.113. The number of anilines is 1. The average molecular weight is 339 g/mol. The van der Waals surface area contributed by atoms with Gasteiger partial charge in [0.1, 0.15) is 0 Å². The lowest BCUT2D eigenvalue weighted by Crippen LogP contribution is -2.13. The highest BCUT2D eigenvalue weighted by Crippen LogP contribution is 2.25. The number of nitrogens with one attached hydrogen (secondary N) is 1. The third-order valence-electron chi connectivity index (χ3n) is 3.26. The van der Waals surface area contributed by atoms with E-state index < -0.39 is 0 Å². The number of thioether (sulfide) groups is 1. The molecule has 0 aliphatic rings. The zero-order chi connectivity index (χ0) is 16.9. The molecule has 0 unspecified atom stereocenters. The molecule has 24 heavy (non-hydrogen) atoms. The molecule has 0 saturated heterocycles. The topological polar surface area (TPSA) is 68.0 Å². The second-order valence-electron chi connectivity index (χ2n) is 5.45. The molecule has 122 valence electrons. The van der Waals surface area contributed by atoms with E-state index in [4.69, 9.17) is 4.42 Å². The fourth-order valence-corrected chi connectivity index (χ4v) is 2.89. The Kier molecular flexibility index (Phi) is 4.96. The number of carbonyl (C=O) groups is 1. The van der Waals surface area contributed by atoms with E-state index in [0.29, 0.717) is 11.1 Å². The quantitative estimate of drug-likeness (QED) is 0.709. The molecule has 0 spiro atoms. The Labute approximate surface area is 144 Å². The zero-order valence-electron chi connectivity index (χ0n) is 13.4. The number of hydrogen-bond acceptors (Lipinski definition) is 5. The fourth-order valence-electron chi connectivity index (χ4n) is 2.33. The second-order valence-corrected chi connectivity index (χ2v) is 6.38. The van der Waals surface area contributed by atoms with Crippen LogP contribution in [0.2, 0.25) is 0 Å². The largest absolute Gasteiger partial charge is 0.411 e. The minimum Gasteiger partial charge on any atom is -0.411 e. The average Bonchev–Trinajstić information content (AvgIpc) is 3.02. The maximum absolute atomic E-state index is 11.9. The lowest BCUT2D eigenvalue weighted by atomic mass is 10.1. The van der Waals surface area contributed by atoms with Crippen molar-refractivity contribution in [2.24, 2.45) is 0 Å². The Balaban J connectivity index is 1.61. The minimum absolute atomic E-state index is 0.114. The fraction of sp³-hybridized carbons (Fsp3) is 0.167. The monoisotopic (exact) mass is 339 g/mol. The van der Waals surface area contributed by atoms with Crippen LogP contribution >= 0.6 is 11.8 Å². The summed E-state index contributed by atoms with van der Waals surface area (Å²) in [6.45, 7) is 4.05. The Bertz CT molecular complexity index is 826. The van der Waals surface area contributed by atoms with E-state index in [9.17, 15) is 4.79 Å². The van der Waals surface area contributed by atoms with Crippen molar-refractivity contribution in [3.05, 3.63) is 59.7 Å². The van der Waals surface area contributed by atoms with Crippen LogP contribution in [0.15, 0.2) is 58.2 Å². The summed E-state index contributed by atoms with van der Waals surface area (Å²) in [6, 6.07) is 15.4. The number of rotatable bonds is 5. The normalized spacial score (nSPS) is 10.6. The smallest absolute Gasteiger partial charge is 0.277 e. The molecule has 0 radical (unpaired) electrons. The summed E-state index contributed by atoms with van der Waals surface area (Å²) < 4.78 is 5.64. The van der Waals surface area contributed by atoms with Crippen LogP contribution in [0.25, 0.3) is 11.5 Å². The molecule has 5 nitrogen and oxygen atoms in total. The molecule has 1 N–H and O–H groups in total. The van der Waals surface area contributed by atoms with Crippen LogP contribution in [0.3, 0.4) is 0 Å². The summed E-state index contributed by atoms with van der Waals surface area (Å²) in [7, 11) is 0. The van der Waals surface area contributed by atoms with Crippen LogP contribution < -0.4 is 5.32 Å². The van der Waals surface area contributed by atoms with Gasteiger partial charge >= 0.3 is 0 Å². The molecule has 0 fully saturated rings. The van der Waals surface area contributed by atoms with Crippen LogP contribution in [0.4, 0.5) is 5.69 Å². The van der Waals surface area contributed by atoms with Gasteiger partial charge in [0.15, 0.2) is 0 Å². The summed E-state index contributed by atoms with van der Waals surface area (Å²) in [5.74, 6) is 0.564. The van der Waals surface area contributed by atoms with Gasteiger partial charge in [0.25, 0.3) is 5.22 Å². The molecular formula is C18H17N3O2S. The second kappa shape index (κ2) is 7.31. The van der Waals surface area contributed by atoms with Crippen LogP contribution in [-0.4, -0.2) is 21.9 Å².